The number of benzene rings is 3. The molecule has 0 unspecified atom stereocenters. The number of H-pyrrole nitrogens is 1. The van der Waals surface area contributed by atoms with E-state index in [-0.39, 0.29) is 5.56 Å². The molecule has 0 saturated carbocycles. The number of rotatable bonds is 6. The van der Waals surface area contributed by atoms with Crippen molar-refractivity contribution in [3.63, 3.8) is 0 Å². The van der Waals surface area contributed by atoms with Gasteiger partial charge in [-0.1, -0.05) is 30.3 Å². The van der Waals surface area contributed by atoms with Gasteiger partial charge >= 0.3 is 5.97 Å². The molecule has 0 aliphatic heterocycles. The minimum Gasteiger partial charge on any atom is -0.493 e. The third kappa shape index (κ3) is 3.95. The largest absolute Gasteiger partial charge is 0.493 e. The van der Waals surface area contributed by atoms with Gasteiger partial charge in [0.2, 0.25) is 0 Å². The Balaban J connectivity index is 1.67. The molecule has 0 radical (unpaired) electrons. The van der Waals surface area contributed by atoms with Crippen LogP contribution in [0.2, 0.25) is 0 Å². The van der Waals surface area contributed by atoms with Gasteiger partial charge in [-0.3, -0.25) is 0 Å². The number of methoxy groups -OCH3 is 1. The third-order valence-electron chi connectivity index (χ3n) is 4.46. The Kier molecular flexibility index (Phi) is 5.22. The quantitative estimate of drug-likeness (QED) is 0.415. The average molecular weight is 453 g/mol. The molecule has 1 heterocycles. The zero-order valence-electron chi connectivity index (χ0n) is 15.5. The van der Waals surface area contributed by atoms with Crippen molar-refractivity contribution in [3.8, 4) is 22.9 Å². The lowest BCUT2D eigenvalue weighted by Gasteiger charge is -2.14. The summed E-state index contributed by atoms with van der Waals surface area (Å²) >= 11 is 3.56. The van der Waals surface area contributed by atoms with Crippen LogP contribution in [0.1, 0.15) is 15.9 Å². The fourth-order valence-electron chi connectivity index (χ4n) is 3.01. The number of carbonyl (C=O) groups is 1. The van der Waals surface area contributed by atoms with Crippen LogP contribution in [0.15, 0.2) is 65.1 Å². The maximum atomic E-state index is 11.2. The number of ether oxygens (including phenoxy) is 2. The molecular formula is C22H17BrN2O4. The Hall–Kier alpha value is -3.32. The molecule has 0 fully saturated rings. The normalized spacial score (nSPS) is 10.8. The van der Waals surface area contributed by atoms with E-state index in [0.29, 0.717) is 35.0 Å². The Morgan fingerprint density at radius 1 is 1.14 bits per heavy atom. The van der Waals surface area contributed by atoms with Crippen LogP contribution in [0.25, 0.3) is 22.4 Å². The summed E-state index contributed by atoms with van der Waals surface area (Å²) in [7, 11) is 1.58. The molecule has 0 spiro atoms. The first-order valence-corrected chi connectivity index (χ1v) is 9.62. The molecule has 146 valence electrons. The van der Waals surface area contributed by atoms with E-state index in [4.69, 9.17) is 14.6 Å². The van der Waals surface area contributed by atoms with E-state index in [1.807, 2.05) is 42.5 Å². The van der Waals surface area contributed by atoms with Gasteiger partial charge in [0, 0.05) is 5.56 Å². The molecule has 6 nitrogen and oxygen atoms in total. The van der Waals surface area contributed by atoms with Crippen molar-refractivity contribution in [2.75, 3.05) is 7.11 Å². The Bertz CT molecular complexity index is 1190. The summed E-state index contributed by atoms with van der Waals surface area (Å²) < 4.78 is 12.2. The summed E-state index contributed by atoms with van der Waals surface area (Å²) in [6.45, 7) is 0.414. The molecular weight excluding hydrogens is 436 g/mol. The standard InChI is InChI=1S/C22H17BrN2O4/c1-28-19-11-15(9-16(23)20(19)29-12-13-5-3-2-4-6-13)21-24-17-8-7-14(22(26)27)10-18(17)25-21/h2-11H,12H2,1H3,(H,24,25)(H,26,27). The number of carboxylic acid groups (broad SMARTS) is 1. The topological polar surface area (TPSA) is 84.4 Å². The number of aromatic amines is 1. The SMILES string of the molecule is COc1cc(-c2nc3ccc(C(=O)O)cc3[nH]2)cc(Br)c1OCc1ccccc1. The maximum absolute atomic E-state index is 11.2. The van der Waals surface area contributed by atoms with Crippen molar-refractivity contribution >= 4 is 32.9 Å². The number of carboxylic acids is 1. The van der Waals surface area contributed by atoms with E-state index in [1.54, 1.807) is 19.2 Å². The molecule has 0 atom stereocenters. The van der Waals surface area contributed by atoms with Gasteiger partial charge in [0.15, 0.2) is 11.5 Å². The highest BCUT2D eigenvalue weighted by atomic mass is 79.9. The fourth-order valence-corrected chi connectivity index (χ4v) is 3.56. The number of hydrogen-bond donors (Lipinski definition) is 2. The predicted octanol–water partition coefficient (Wildman–Crippen LogP) is 5.28. The van der Waals surface area contributed by atoms with E-state index in [9.17, 15) is 4.79 Å². The summed E-state index contributed by atoms with van der Waals surface area (Å²) in [5.74, 6) is 0.796. The van der Waals surface area contributed by atoms with Crippen molar-refractivity contribution < 1.29 is 19.4 Å². The number of aromatic nitrogens is 2. The van der Waals surface area contributed by atoms with E-state index in [0.717, 1.165) is 15.6 Å². The monoisotopic (exact) mass is 452 g/mol. The summed E-state index contributed by atoms with van der Waals surface area (Å²) in [6.07, 6.45) is 0. The van der Waals surface area contributed by atoms with Crippen LogP contribution < -0.4 is 9.47 Å². The number of hydrogen-bond acceptors (Lipinski definition) is 4. The Morgan fingerprint density at radius 3 is 2.66 bits per heavy atom. The summed E-state index contributed by atoms with van der Waals surface area (Å²) in [6, 6.07) is 18.4. The molecule has 0 aliphatic carbocycles. The van der Waals surface area contributed by atoms with Crippen molar-refractivity contribution in [1.29, 1.82) is 0 Å². The second-order valence-corrected chi connectivity index (χ2v) is 7.24. The van der Waals surface area contributed by atoms with E-state index >= 15 is 0 Å². The molecule has 0 saturated heterocycles. The van der Waals surface area contributed by atoms with Gasteiger partial charge in [-0.15, -0.1) is 0 Å². The second kappa shape index (κ2) is 7.97. The minimum absolute atomic E-state index is 0.205. The van der Waals surface area contributed by atoms with Crippen molar-refractivity contribution in [1.82, 2.24) is 9.97 Å². The van der Waals surface area contributed by atoms with Crippen molar-refractivity contribution in [2.24, 2.45) is 0 Å². The first-order valence-electron chi connectivity index (χ1n) is 8.83. The number of aromatic carboxylic acids is 1. The molecule has 3 aromatic carbocycles. The third-order valence-corrected chi connectivity index (χ3v) is 5.05. The highest BCUT2D eigenvalue weighted by Crippen LogP contribution is 2.40. The van der Waals surface area contributed by atoms with Gasteiger partial charge in [0.25, 0.3) is 0 Å². The summed E-state index contributed by atoms with van der Waals surface area (Å²) in [5.41, 5.74) is 3.38. The van der Waals surface area contributed by atoms with Gasteiger partial charge in [0.1, 0.15) is 12.4 Å². The van der Waals surface area contributed by atoms with Crippen LogP contribution in [-0.4, -0.2) is 28.2 Å². The lowest BCUT2D eigenvalue weighted by atomic mass is 10.2. The molecule has 4 aromatic rings. The number of imidazole rings is 1. The fraction of sp³-hybridized carbons (Fsp3) is 0.0909. The molecule has 0 aliphatic rings. The zero-order valence-corrected chi connectivity index (χ0v) is 17.1. The van der Waals surface area contributed by atoms with Crippen LogP contribution in [0.5, 0.6) is 11.5 Å². The number of halogens is 1. The van der Waals surface area contributed by atoms with Crippen LogP contribution >= 0.6 is 15.9 Å². The highest BCUT2D eigenvalue weighted by Gasteiger charge is 2.15. The smallest absolute Gasteiger partial charge is 0.335 e. The predicted molar refractivity (Wildman–Crippen MR) is 114 cm³/mol. The highest BCUT2D eigenvalue weighted by molar-refractivity contribution is 9.10. The van der Waals surface area contributed by atoms with Gasteiger partial charge in [-0.25, -0.2) is 9.78 Å². The molecule has 7 heteroatoms. The minimum atomic E-state index is -0.979. The number of nitrogens with one attached hydrogen (secondary N) is 1. The van der Waals surface area contributed by atoms with Crippen LogP contribution in [0.4, 0.5) is 0 Å². The van der Waals surface area contributed by atoms with E-state index in [2.05, 4.69) is 25.9 Å². The molecule has 0 amide bonds. The van der Waals surface area contributed by atoms with E-state index in [1.165, 1.54) is 6.07 Å². The first kappa shape index (κ1) is 19.0. The average Bonchev–Trinajstić information content (AvgIpc) is 3.16. The molecule has 0 bridgehead atoms. The first-order chi connectivity index (χ1) is 14.0. The summed E-state index contributed by atoms with van der Waals surface area (Å²) in [4.78, 5) is 18.9. The molecule has 1 aromatic heterocycles. The van der Waals surface area contributed by atoms with Crippen molar-refractivity contribution in [2.45, 2.75) is 6.61 Å². The van der Waals surface area contributed by atoms with Crippen LogP contribution in [-0.2, 0) is 6.61 Å². The van der Waals surface area contributed by atoms with Crippen molar-refractivity contribution in [3.05, 3.63) is 76.3 Å². The van der Waals surface area contributed by atoms with Gasteiger partial charge in [0.05, 0.1) is 28.2 Å². The number of nitrogens with zero attached hydrogens (tertiary/aromatic N) is 1. The number of fused-ring (bicyclic) bond motifs is 1. The second-order valence-electron chi connectivity index (χ2n) is 6.39. The van der Waals surface area contributed by atoms with Crippen LogP contribution in [0, 0.1) is 0 Å². The van der Waals surface area contributed by atoms with Gasteiger partial charge in [-0.05, 0) is 51.8 Å². The van der Waals surface area contributed by atoms with Gasteiger partial charge in [-0.2, -0.15) is 0 Å². The maximum Gasteiger partial charge on any atom is 0.335 e. The van der Waals surface area contributed by atoms with Crippen LogP contribution in [0.3, 0.4) is 0 Å². The van der Waals surface area contributed by atoms with Gasteiger partial charge < -0.3 is 19.6 Å². The lowest BCUT2D eigenvalue weighted by Crippen LogP contribution is -1.99. The Labute approximate surface area is 175 Å². The molecule has 29 heavy (non-hydrogen) atoms. The zero-order chi connectivity index (χ0) is 20.4. The Morgan fingerprint density at radius 2 is 1.93 bits per heavy atom. The summed E-state index contributed by atoms with van der Waals surface area (Å²) in [5, 5.41) is 9.17. The molecule has 4 rings (SSSR count). The van der Waals surface area contributed by atoms with E-state index < -0.39 is 5.97 Å². The lowest BCUT2D eigenvalue weighted by molar-refractivity contribution is 0.0697. The molecule has 2 N–H and O–H groups in total.